The summed E-state index contributed by atoms with van der Waals surface area (Å²) in [5.74, 6) is 0.195. The van der Waals surface area contributed by atoms with Gasteiger partial charge in [0.1, 0.15) is 0 Å². The van der Waals surface area contributed by atoms with Gasteiger partial charge in [-0.25, -0.2) is 4.98 Å². The molecule has 1 aromatic heterocycles. The van der Waals surface area contributed by atoms with Gasteiger partial charge in [-0.15, -0.1) is 11.3 Å². The molecule has 1 amide bonds. The van der Waals surface area contributed by atoms with Gasteiger partial charge in [0.05, 0.1) is 25.0 Å². The number of anilines is 1. The van der Waals surface area contributed by atoms with Crippen LogP contribution in [0, 0.1) is 23.2 Å². The Labute approximate surface area is 190 Å². The summed E-state index contributed by atoms with van der Waals surface area (Å²) in [4.78, 5) is 21.4. The molecule has 0 spiro atoms. The zero-order chi connectivity index (χ0) is 22.2. The Kier molecular flexibility index (Phi) is 6.91. The quantitative estimate of drug-likeness (QED) is 0.617. The predicted molar refractivity (Wildman–Crippen MR) is 124 cm³/mol. The van der Waals surface area contributed by atoms with Crippen LogP contribution in [0.15, 0.2) is 0 Å². The first-order valence-corrected chi connectivity index (χ1v) is 12.6. The number of aliphatic hydroxyl groups excluding tert-OH is 1. The van der Waals surface area contributed by atoms with Crippen molar-refractivity contribution in [1.29, 1.82) is 0 Å². The molecule has 3 N–H and O–H groups in total. The number of aliphatic hydroxyl groups is 1. The topological polar surface area (TPSA) is 86.7 Å². The van der Waals surface area contributed by atoms with E-state index in [1.54, 1.807) is 11.3 Å². The number of carbonyl (C=O) groups excluding carboxylic acids is 1. The van der Waals surface area contributed by atoms with Crippen molar-refractivity contribution in [1.82, 2.24) is 15.2 Å². The van der Waals surface area contributed by atoms with Crippen molar-refractivity contribution >= 4 is 22.4 Å². The molecule has 2 aliphatic carbocycles. The summed E-state index contributed by atoms with van der Waals surface area (Å²) in [5, 5.41) is 18.7. The predicted octanol–water partition coefficient (Wildman–Crippen LogP) is 2.32. The molecule has 1 aliphatic heterocycles. The Balaban J connectivity index is 1.39. The van der Waals surface area contributed by atoms with E-state index in [1.807, 2.05) is 14.0 Å². The lowest BCUT2D eigenvalue weighted by atomic mass is 9.53. The summed E-state index contributed by atoms with van der Waals surface area (Å²) >= 11 is 1.75. The second kappa shape index (κ2) is 9.33. The van der Waals surface area contributed by atoms with Gasteiger partial charge < -0.3 is 20.5 Å². The standard InChI is InChI=1S/C23H38N4O3S/c1-14(21(29)25-7-8-27-9-11-30-12-10-27)16-5-6-23(3)13-17-19(26-22(24-4)31-17)15(2)18(23)20(16)28/h14-16,18,20,28H,5-13H2,1-4H3,(H,24,26)(H,25,29)/t14-,15-,16?,18+,20-,23-/m0/s1. The van der Waals surface area contributed by atoms with Crippen LogP contribution in [-0.4, -0.2) is 73.4 Å². The number of rotatable bonds is 6. The van der Waals surface area contributed by atoms with Crippen molar-refractivity contribution in [2.45, 2.75) is 52.1 Å². The highest BCUT2D eigenvalue weighted by Gasteiger charge is 2.53. The van der Waals surface area contributed by atoms with Crippen LogP contribution in [0.4, 0.5) is 5.13 Å². The molecular formula is C23H38N4O3S. The van der Waals surface area contributed by atoms with Crippen molar-refractivity contribution in [3.63, 3.8) is 0 Å². The van der Waals surface area contributed by atoms with Crippen LogP contribution in [0.5, 0.6) is 0 Å². The van der Waals surface area contributed by atoms with E-state index in [2.05, 4.69) is 29.4 Å². The first-order chi connectivity index (χ1) is 14.8. The van der Waals surface area contributed by atoms with Gasteiger partial charge in [-0.3, -0.25) is 9.69 Å². The zero-order valence-electron chi connectivity index (χ0n) is 19.3. The van der Waals surface area contributed by atoms with E-state index in [4.69, 9.17) is 9.72 Å². The van der Waals surface area contributed by atoms with Crippen LogP contribution < -0.4 is 10.6 Å². The molecule has 3 aliphatic rings. The van der Waals surface area contributed by atoms with Gasteiger partial charge in [0.2, 0.25) is 5.91 Å². The average molecular weight is 451 g/mol. The van der Waals surface area contributed by atoms with Crippen molar-refractivity contribution in [2.75, 3.05) is 51.8 Å². The van der Waals surface area contributed by atoms with Crippen LogP contribution in [0.1, 0.15) is 50.1 Å². The third kappa shape index (κ3) is 4.49. The van der Waals surface area contributed by atoms with E-state index in [0.717, 1.165) is 62.9 Å². The molecule has 6 atom stereocenters. The number of thiazole rings is 1. The Bertz CT molecular complexity index is 781. The monoisotopic (exact) mass is 450 g/mol. The molecular weight excluding hydrogens is 412 g/mol. The van der Waals surface area contributed by atoms with Crippen LogP contribution >= 0.6 is 11.3 Å². The number of aromatic nitrogens is 1. The number of nitrogens with zero attached hydrogens (tertiary/aromatic N) is 2. The van der Waals surface area contributed by atoms with Gasteiger partial charge in [-0.2, -0.15) is 0 Å². The smallest absolute Gasteiger partial charge is 0.223 e. The van der Waals surface area contributed by atoms with Gasteiger partial charge in [-0.05, 0) is 36.5 Å². The fourth-order valence-corrected chi connectivity index (χ4v) is 7.39. The first kappa shape index (κ1) is 23.0. The highest BCUT2D eigenvalue weighted by molar-refractivity contribution is 7.15. The molecule has 0 aromatic carbocycles. The van der Waals surface area contributed by atoms with Crippen LogP contribution in [0.2, 0.25) is 0 Å². The third-order valence-electron chi connectivity index (χ3n) is 8.02. The van der Waals surface area contributed by atoms with Crippen molar-refractivity contribution in [2.24, 2.45) is 23.2 Å². The number of ether oxygens (including phenoxy) is 1. The van der Waals surface area contributed by atoms with Gasteiger partial charge in [-0.1, -0.05) is 20.8 Å². The summed E-state index contributed by atoms with van der Waals surface area (Å²) in [6, 6.07) is 0. The molecule has 0 radical (unpaired) electrons. The van der Waals surface area contributed by atoms with Gasteiger partial charge in [0.25, 0.3) is 0 Å². The number of nitrogens with one attached hydrogen (secondary N) is 2. The second-order valence-corrected chi connectivity index (χ2v) is 11.0. The summed E-state index contributed by atoms with van der Waals surface area (Å²) in [6.07, 6.45) is 2.43. The van der Waals surface area contributed by atoms with E-state index in [9.17, 15) is 9.90 Å². The van der Waals surface area contributed by atoms with E-state index >= 15 is 0 Å². The van der Waals surface area contributed by atoms with Gasteiger partial charge >= 0.3 is 0 Å². The SMILES string of the molecule is CNc1nc2c(s1)C[C@]1(C)CCC([C@H](C)C(=O)NCCN3CCOCC3)[C@H](O)[C@H]1[C@@H]2C. The molecule has 0 bridgehead atoms. The highest BCUT2D eigenvalue weighted by Crippen LogP contribution is 2.57. The number of fused-ring (bicyclic) bond motifs is 2. The Morgan fingerprint density at radius 2 is 2.16 bits per heavy atom. The van der Waals surface area contributed by atoms with Crippen LogP contribution in [0.25, 0.3) is 0 Å². The molecule has 4 rings (SSSR count). The lowest BCUT2D eigenvalue weighted by molar-refractivity contribution is -0.134. The van der Waals surface area contributed by atoms with E-state index in [1.165, 1.54) is 4.88 Å². The number of hydrogen-bond donors (Lipinski definition) is 3. The molecule has 7 nitrogen and oxygen atoms in total. The highest BCUT2D eigenvalue weighted by atomic mass is 32.1. The minimum absolute atomic E-state index is 0.00660. The summed E-state index contributed by atoms with van der Waals surface area (Å²) < 4.78 is 5.38. The summed E-state index contributed by atoms with van der Waals surface area (Å²) in [5.41, 5.74) is 1.20. The van der Waals surface area contributed by atoms with Crippen molar-refractivity contribution in [3.05, 3.63) is 10.6 Å². The molecule has 1 saturated carbocycles. The van der Waals surface area contributed by atoms with Crippen LogP contribution in [0.3, 0.4) is 0 Å². The molecule has 174 valence electrons. The van der Waals surface area contributed by atoms with Crippen molar-refractivity contribution < 1.29 is 14.6 Å². The van der Waals surface area contributed by atoms with Crippen LogP contribution in [-0.2, 0) is 16.0 Å². The van der Waals surface area contributed by atoms with E-state index in [0.29, 0.717) is 6.54 Å². The first-order valence-electron chi connectivity index (χ1n) is 11.8. The van der Waals surface area contributed by atoms with Gasteiger partial charge in [0, 0.05) is 49.9 Å². The lowest BCUT2D eigenvalue weighted by Gasteiger charge is -2.53. The molecule has 1 aromatic rings. The van der Waals surface area contributed by atoms with E-state index < -0.39 is 6.10 Å². The summed E-state index contributed by atoms with van der Waals surface area (Å²) in [7, 11) is 1.91. The van der Waals surface area contributed by atoms with E-state index in [-0.39, 0.29) is 35.0 Å². The number of amides is 1. The molecule has 1 saturated heterocycles. The zero-order valence-corrected chi connectivity index (χ0v) is 20.1. The molecule has 2 fully saturated rings. The van der Waals surface area contributed by atoms with Gasteiger partial charge in [0.15, 0.2) is 5.13 Å². The number of carbonyl (C=O) groups is 1. The molecule has 8 heteroatoms. The normalized spacial score (nSPS) is 34.5. The molecule has 2 heterocycles. The fraction of sp³-hybridized carbons (Fsp3) is 0.826. The third-order valence-corrected chi connectivity index (χ3v) is 9.11. The van der Waals surface area contributed by atoms with Crippen molar-refractivity contribution in [3.8, 4) is 0 Å². The second-order valence-electron chi connectivity index (χ2n) is 9.95. The number of morpholine rings is 1. The minimum atomic E-state index is -0.485. The molecule has 31 heavy (non-hydrogen) atoms. The maximum atomic E-state index is 12.9. The fourth-order valence-electron chi connectivity index (χ4n) is 6.17. The Morgan fingerprint density at radius 1 is 1.42 bits per heavy atom. The Morgan fingerprint density at radius 3 is 2.87 bits per heavy atom. The number of hydrogen-bond acceptors (Lipinski definition) is 7. The Hall–Kier alpha value is -1.22. The maximum absolute atomic E-state index is 12.9. The largest absolute Gasteiger partial charge is 0.392 e. The maximum Gasteiger partial charge on any atom is 0.223 e. The lowest BCUT2D eigenvalue weighted by Crippen LogP contribution is -2.53. The average Bonchev–Trinajstić information content (AvgIpc) is 3.17. The molecule has 1 unspecified atom stereocenters. The summed E-state index contributed by atoms with van der Waals surface area (Å²) in [6.45, 7) is 11.4. The minimum Gasteiger partial charge on any atom is -0.392 e.